The Hall–Kier alpha value is -3.58. The Morgan fingerprint density at radius 3 is 2.56 bits per heavy atom. The van der Waals surface area contributed by atoms with Gasteiger partial charge < -0.3 is 65.1 Å². The van der Waals surface area contributed by atoms with Gasteiger partial charge in [0.2, 0.25) is 0 Å². The number of aliphatic hydroxyl groups excluding tert-OH is 5. The number of carboxylic acids is 1. The second-order valence-electron chi connectivity index (χ2n) is 12.2. The lowest BCUT2D eigenvalue weighted by Crippen LogP contribution is -2.71. The van der Waals surface area contributed by atoms with Crippen LogP contribution in [0.25, 0.3) is 0 Å². The predicted molar refractivity (Wildman–Crippen MR) is 181 cm³/mol. The van der Waals surface area contributed by atoms with Crippen LogP contribution in [0.15, 0.2) is 21.8 Å². The summed E-state index contributed by atoms with van der Waals surface area (Å²) in [6, 6.07) is -1.14. The summed E-state index contributed by atoms with van der Waals surface area (Å²) in [5.74, 6) is -3.53. The van der Waals surface area contributed by atoms with Gasteiger partial charge in [-0.3, -0.25) is 23.8 Å². The third kappa shape index (κ3) is 9.52. The zero-order valence-corrected chi connectivity index (χ0v) is 31.0. The van der Waals surface area contributed by atoms with Gasteiger partial charge in [0.1, 0.15) is 85.4 Å². The van der Waals surface area contributed by atoms with Crippen molar-refractivity contribution in [2.75, 3.05) is 44.5 Å². The molecule has 0 spiro atoms. The fourth-order valence-corrected chi connectivity index (χ4v) is 8.51. The Labute approximate surface area is 318 Å². The first kappa shape index (κ1) is 42.6. The molecule has 5 rings (SSSR count). The third-order valence-corrected chi connectivity index (χ3v) is 11.1. The van der Waals surface area contributed by atoms with E-state index in [1.807, 2.05) is 0 Å². The number of rotatable bonds is 16. The largest absolute Gasteiger partial charge is 0.477 e. The van der Waals surface area contributed by atoms with Crippen LogP contribution in [0.3, 0.4) is 0 Å². The van der Waals surface area contributed by atoms with Gasteiger partial charge in [-0.05, 0) is 0 Å². The zero-order chi connectivity index (χ0) is 40.4. The van der Waals surface area contributed by atoms with Gasteiger partial charge in [-0.15, -0.1) is 23.1 Å². The molecule has 306 valence electrons. The monoisotopic (exact) mass is 843 g/mol. The van der Waals surface area contributed by atoms with Crippen LogP contribution < -0.4 is 10.6 Å². The number of nitrogens with one attached hydrogen (secondary N) is 2. The van der Waals surface area contributed by atoms with Gasteiger partial charge in [0.25, 0.3) is 11.8 Å². The highest BCUT2D eigenvalue weighted by Gasteiger charge is 2.55. The number of thioether (sulfide) groups is 1. The summed E-state index contributed by atoms with van der Waals surface area (Å²) in [6.07, 6.45) is -14.9. The number of fused-ring (bicyclic) bond motifs is 1. The van der Waals surface area contributed by atoms with Crippen molar-refractivity contribution in [1.82, 2.24) is 15.2 Å². The molecular formula is C28H37N5O19S3. The van der Waals surface area contributed by atoms with Crippen molar-refractivity contribution in [3.8, 4) is 0 Å². The van der Waals surface area contributed by atoms with Gasteiger partial charge in [-0.1, -0.05) is 5.16 Å². The lowest BCUT2D eigenvalue weighted by molar-refractivity contribution is -0.316. The van der Waals surface area contributed by atoms with E-state index in [0.717, 1.165) is 34.9 Å². The normalized spacial score (nSPS) is 31.7. The minimum atomic E-state index is -5.13. The van der Waals surface area contributed by atoms with E-state index in [4.69, 9.17) is 28.3 Å². The van der Waals surface area contributed by atoms with Crippen molar-refractivity contribution in [2.24, 2.45) is 5.16 Å². The molecule has 0 saturated carbocycles. The molecule has 3 saturated heterocycles. The molecule has 1 aromatic heterocycles. The number of thiazole rings is 1. The van der Waals surface area contributed by atoms with Crippen LogP contribution in [0.2, 0.25) is 0 Å². The number of carboxylic acid groups (broad SMARTS) is 1. The van der Waals surface area contributed by atoms with Gasteiger partial charge in [-0.2, -0.15) is 8.42 Å². The van der Waals surface area contributed by atoms with E-state index >= 15 is 0 Å². The van der Waals surface area contributed by atoms with Gasteiger partial charge in [0.15, 0.2) is 17.1 Å². The molecule has 0 radical (unpaired) electrons. The van der Waals surface area contributed by atoms with Gasteiger partial charge in [-0.25, -0.2) is 14.0 Å². The quantitative estimate of drug-likeness (QED) is 0.0248. The number of hydrogen-bond acceptors (Lipinski definition) is 22. The van der Waals surface area contributed by atoms with Crippen molar-refractivity contribution < 1.29 is 90.8 Å². The molecule has 0 bridgehead atoms. The molecular weight excluding hydrogens is 807 g/mol. The van der Waals surface area contributed by atoms with E-state index in [0.29, 0.717) is 0 Å². The van der Waals surface area contributed by atoms with E-state index in [1.54, 1.807) is 0 Å². The zero-order valence-electron chi connectivity index (χ0n) is 28.6. The van der Waals surface area contributed by atoms with Crippen molar-refractivity contribution >= 4 is 68.1 Å². The second-order valence-corrected chi connectivity index (χ2v) is 15.2. The van der Waals surface area contributed by atoms with Gasteiger partial charge in [0, 0.05) is 30.2 Å². The number of aliphatic carboxylic acids is 1. The summed E-state index contributed by atoms with van der Waals surface area (Å²) in [6.45, 7) is -0.738. The summed E-state index contributed by atoms with van der Waals surface area (Å²) >= 11 is 2.13. The number of aromatic nitrogens is 1. The second kappa shape index (κ2) is 17.7. The minimum Gasteiger partial charge on any atom is -0.477 e. The molecule has 27 heteroatoms. The van der Waals surface area contributed by atoms with E-state index < -0.39 is 107 Å². The van der Waals surface area contributed by atoms with Gasteiger partial charge in [0.05, 0.1) is 13.2 Å². The first-order valence-corrected chi connectivity index (χ1v) is 19.3. The van der Waals surface area contributed by atoms with Crippen LogP contribution >= 0.6 is 23.1 Å². The average molecular weight is 844 g/mol. The van der Waals surface area contributed by atoms with Crippen molar-refractivity contribution in [3.05, 3.63) is 22.3 Å². The number of ether oxygens (including phenoxy) is 4. The van der Waals surface area contributed by atoms with Crippen LogP contribution in [-0.2, 0) is 57.5 Å². The molecule has 55 heavy (non-hydrogen) atoms. The molecule has 11 atom stereocenters. The number of esters is 1. The minimum absolute atomic E-state index is 0.0125. The van der Waals surface area contributed by atoms with E-state index in [2.05, 4.69) is 25.0 Å². The number of amides is 2. The maximum absolute atomic E-state index is 13.3. The van der Waals surface area contributed by atoms with Crippen molar-refractivity contribution in [3.63, 3.8) is 0 Å². The van der Waals surface area contributed by atoms with Crippen molar-refractivity contribution in [1.29, 1.82) is 0 Å². The molecule has 9 N–H and O–H groups in total. The molecule has 2 amide bonds. The maximum Gasteiger partial charge on any atom is 0.397 e. The third-order valence-electron chi connectivity index (χ3n) is 8.48. The number of anilines is 1. The number of oxime groups is 1. The highest BCUT2D eigenvalue weighted by atomic mass is 32.3. The SMILES string of the molecule is CON=C(C(=O)N[C@@H]1C(=O)N2C(C(=O)O)=C(COC(C)=O)CS[C@H]12)c1csc(NCC(O)C2OCC(O)C2OC2OC(CO)C(OS(=O)(=O)O)C(O)C2O)n1. The fourth-order valence-electron chi connectivity index (χ4n) is 5.96. The maximum atomic E-state index is 13.3. The molecule has 0 aromatic carbocycles. The number of carbonyl (C=O) groups is 4. The lowest BCUT2D eigenvalue weighted by Gasteiger charge is -2.49. The van der Waals surface area contributed by atoms with Crippen LogP contribution in [0.4, 0.5) is 5.13 Å². The van der Waals surface area contributed by atoms with E-state index in [-0.39, 0.29) is 53.3 Å². The Bertz CT molecular complexity index is 1790. The topological polar surface area (TPSA) is 352 Å². The standard InChI is InChI=1S/C28H37N5O19S3/c1-9(35)48-5-10-7-53-25-16(24(41)33(25)17(10)26(42)43)31-23(40)15(32-47-2)11-8-54-28(30-11)29-3-12(36)20-21(13(37)6-49-20)51-27-19(39)18(38)22(14(4-34)50-27)52-55(44,45)46/h8,12-14,16,18-22,25,27,34,36-39H,3-7H2,1-2H3,(H,29,30)(H,31,40)(H,42,43)(H,44,45,46)/t12?,13?,14?,16-,18?,19?,20?,21?,22?,25-,27?/m1/s1. The molecule has 0 aliphatic carbocycles. The smallest absolute Gasteiger partial charge is 0.397 e. The summed E-state index contributed by atoms with van der Waals surface area (Å²) in [7, 11) is -3.97. The predicted octanol–water partition coefficient (Wildman–Crippen LogP) is -4.66. The fraction of sp³-hybridized carbons (Fsp3) is 0.643. The molecule has 4 aliphatic rings. The Kier molecular flexibility index (Phi) is 13.7. The highest BCUT2D eigenvalue weighted by Crippen LogP contribution is 2.40. The first-order chi connectivity index (χ1) is 25.9. The molecule has 1 aromatic rings. The Balaban J connectivity index is 1.19. The molecule has 9 unspecified atom stereocenters. The average Bonchev–Trinajstić information content (AvgIpc) is 3.75. The van der Waals surface area contributed by atoms with Crippen LogP contribution in [0.5, 0.6) is 0 Å². The first-order valence-electron chi connectivity index (χ1n) is 16.0. The number of aliphatic hydroxyl groups is 5. The number of nitrogens with zero attached hydrogens (tertiary/aromatic N) is 3. The Morgan fingerprint density at radius 1 is 1.20 bits per heavy atom. The molecule has 24 nitrogen and oxygen atoms in total. The van der Waals surface area contributed by atoms with E-state index in [9.17, 15) is 58.2 Å². The van der Waals surface area contributed by atoms with Crippen LogP contribution in [0, 0.1) is 0 Å². The molecule has 3 fully saturated rings. The number of hydrogen-bond donors (Lipinski definition) is 9. The number of β-lactam (4-membered cyclic amide) rings is 1. The van der Waals surface area contributed by atoms with Crippen LogP contribution in [-0.4, -0.2) is 189 Å². The molecule has 4 aliphatic heterocycles. The van der Waals surface area contributed by atoms with E-state index in [1.165, 1.54) is 12.5 Å². The van der Waals surface area contributed by atoms with Crippen molar-refractivity contribution in [2.45, 2.75) is 73.5 Å². The lowest BCUT2D eigenvalue weighted by atomic mass is 9.99. The Morgan fingerprint density at radius 2 is 1.93 bits per heavy atom. The molecule has 5 heterocycles. The highest BCUT2D eigenvalue weighted by molar-refractivity contribution is 8.00. The number of carbonyl (C=O) groups excluding carboxylic acids is 3. The van der Waals surface area contributed by atoms with Gasteiger partial charge >= 0.3 is 22.3 Å². The summed E-state index contributed by atoms with van der Waals surface area (Å²) in [5.41, 5.74) is -0.484. The summed E-state index contributed by atoms with van der Waals surface area (Å²) < 4.78 is 57.0. The summed E-state index contributed by atoms with van der Waals surface area (Å²) in [5, 5.41) is 71.7. The van der Waals surface area contributed by atoms with Crippen LogP contribution in [0.1, 0.15) is 12.6 Å². The summed E-state index contributed by atoms with van der Waals surface area (Å²) in [4.78, 5) is 59.7.